The van der Waals surface area contributed by atoms with E-state index in [1.54, 1.807) is 59.8 Å². The van der Waals surface area contributed by atoms with Gasteiger partial charge in [-0.05, 0) is 42.8 Å². The van der Waals surface area contributed by atoms with E-state index >= 15 is 0 Å². The van der Waals surface area contributed by atoms with Crippen molar-refractivity contribution >= 4 is 34.9 Å². The molecule has 1 amide bonds. The van der Waals surface area contributed by atoms with Crippen LogP contribution in [0.25, 0.3) is 0 Å². The van der Waals surface area contributed by atoms with Crippen molar-refractivity contribution in [2.24, 2.45) is 0 Å². The average molecular weight is 506 g/mol. The molecule has 35 heavy (non-hydrogen) atoms. The summed E-state index contributed by atoms with van der Waals surface area (Å²) >= 11 is 12.3. The largest absolute Gasteiger partial charge is 0.342 e. The lowest BCUT2D eigenvalue weighted by molar-refractivity contribution is -0.120. The summed E-state index contributed by atoms with van der Waals surface area (Å²) in [6, 6.07) is 19.8. The highest BCUT2D eigenvalue weighted by Crippen LogP contribution is 2.47. The highest BCUT2D eigenvalue weighted by atomic mass is 35.5. The molecule has 0 bridgehead atoms. The van der Waals surface area contributed by atoms with Gasteiger partial charge in [-0.3, -0.25) is 19.6 Å². The smallest absolute Gasteiger partial charge is 0.257 e. The summed E-state index contributed by atoms with van der Waals surface area (Å²) in [6.45, 7) is 1.93. The summed E-state index contributed by atoms with van der Waals surface area (Å²) < 4.78 is 6.66. The average Bonchev–Trinajstić information content (AvgIpc) is 3.46. The van der Waals surface area contributed by atoms with Gasteiger partial charge in [0.05, 0.1) is 12.8 Å². The fourth-order valence-electron chi connectivity index (χ4n) is 4.40. The molecule has 5 rings (SSSR count). The highest BCUT2D eigenvalue weighted by molar-refractivity contribution is 6.30. The number of ether oxygens (including phenoxy) is 1. The zero-order chi connectivity index (χ0) is 24.6. The summed E-state index contributed by atoms with van der Waals surface area (Å²) in [5, 5.41) is 7.97. The molecule has 1 aliphatic rings. The Morgan fingerprint density at radius 3 is 2.31 bits per heavy atom. The number of Topliss-reactive ketones (excluding diaryl/α,β-unsaturated/α-hetero) is 1. The number of aromatic amines is 1. The predicted molar refractivity (Wildman–Crippen MR) is 133 cm³/mol. The van der Waals surface area contributed by atoms with Crippen LogP contribution in [0.2, 0.25) is 10.0 Å². The predicted octanol–water partition coefficient (Wildman–Crippen LogP) is 5.99. The minimum Gasteiger partial charge on any atom is -0.342 e. The molecule has 1 atom stereocenters. The third kappa shape index (κ3) is 4.25. The Morgan fingerprint density at radius 2 is 1.69 bits per heavy atom. The number of nitrogens with one attached hydrogen (secondary N) is 1. The maximum atomic E-state index is 13.9. The Balaban J connectivity index is 1.71. The standard InChI is InChI=1S/C27H21Cl2N3O3/c1-17(33)20-4-11-25-24(12-20)26(34)32(15-18-2-7-22(28)8-3-18)27(25,21-5-9-23(29)10-6-21)35-16-19-13-30-31-14-19/h2-14H,15-16H2,1H3,(H,30,31). The first kappa shape index (κ1) is 23.3. The molecule has 3 aromatic carbocycles. The van der Waals surface area contributed by atoms with Gasteiger partial charge in [0.2, 0.25) is 0 Å². The number of benzene rings is 3. The van der Waals surface area contributed by atoms with Crippen LogP contribution in [0.15, 0.2) is 79.1 Å². The minimum atomic E-state index is -1.26. The van der Waals surface area contributed by atoms with Crippen molar-refractivity contribution in [3.05, 3.63) is 123 Å². The van der Waals surface area contributed by atoms with Crippen LogP contribution in [-0.2, 0) is 23.6 Å². The molecule has 1 N–H and O–H groups in total. The zero-order valence-electron chi connectivity index (χ0n) is 18.8. The lowest BCUT2D eigenvalue weighted by Crippen LogP contribution is -2.46. The van der Waals surface area contributed by atoms with Crippen molar-refractivity contribution in [1.82, 2.24) is 15.1 Å². The number of ketones is 1. The summed E-state index contributed by atoms with van der Waals surface area (Å²) in [5.74, 6) is -0.353. The molecule has 0 saturated heterocycles. The van der Waals surface area contributed by atoms with Crippen LogP contribution in [0.5, 0.6) is 0 Å². The number of hydrogen-bond acceptors (Lipinski definition) is 4. The van der Waals surface area contributed by atoms with Gasteiger partial charge in [-0.25, -0.2) is 0 Å². The Labute approximate surface area is 212 Å². The van der Waals surface area contributed by atoms with Gasteiger partial charge >= 0.3 is 0 Å². The van der Waals surface area contributed by atoms with E-state index < -0.39 is 5.72 Å². The molecule has 0 fully saturated rings. The molecule has 0 aliphatic carbocycles. The van der Waals surface area contributed by atoms with Crippen molar-refractivity contribution in [2.45, 2.75) is 25.8 Å². The second-order valence-corrected chi connectivity index (χ2v) is 9.25. The van der Waals surface area contributed by atoms with Crippen molar-refractivity contribution < 1.29 is 14.3 Å². The monoisotopic (exact) mass is 505 g/mol. The van der Waals surface area contributed by atoms with Crippen molar-refractivity contribution in [3.8, 4) is 0 Å². The summed E-state index contributed by atoms with van der Waals surface area (Å²) in [4.78, 5) is 27.7. The molecule has 1 aromatic heterocycles. The molecular formula is C27H21Cl2N3O3. The van der Waals surface area contributed by atoms with E-state index in [9.17, 15) is 9.59 Å². The van der Waals surface area contributed by atoms with Gasteiger partial charge in [0.1, 0.15) is 0 Å². The fourth-order valence-corrected chi connectivity index (χ4v) is 4.65. The number of amides is 1. The maximum Gasteiger partial charge on any atom is 0.257 e. The van der Waals surface area contributed by atoms with Gasteiger partial charge in [-0.15, -0.1) is 0 Å². The topological polar surface area (TPSA) is 75.3 Å². The Morgan fingerprint density at radius 1 is 1.00 bits per heavy atom. The van der Waals surface area contributed by atoms with Crippen molar-refractivity contribution in [1.29, 1.82) is 0 Å². The number of aromatic nitrogens is 2. The van der Waals surface area contributed by atoms with E-state index in [0.29, 0.717) is 26.7 Å². The first-order valence-corrected chi connectivity index (χ1v) is 11.7. The normalized spacial score (nSPS) is 17.0. The Kier molecular flexibility index (Phi) is 6.19. The van der Waals surface area contributed by atoms with E-state index in [2.05, 4.69) is 10.2 Å². The molecule has 0 spiro atoms. The third-order valence-electron chi connectivity index (χ3n) is 6.14. The maximum absolute atomic E-state index is 13.9. The van der Waals surface area contributed by atoms with E-state index in [1.807, 2.05) is 24.3 Å². The van der Waals surface area contributed by atoms with Gasteiger partial charge in [0.25, 0.3) is 5.91 Å². The number of nitrogens with zero attached hydrogens (tertiary/aromatic N) is 2. The first-order valence-electron chi connectivity index (χ1n) is 11.0. The van der Waals surface area contributed by atoms with Gasteiger partial charge in [0, 0.05) is 50.6 Å². The van der Waals surface area contributed by atoms with Crippen LogP contribution < -0.4 is 0 Å². The molecular weight excluding hydrogens is 485 g/mol. The molecule has 0 radical (unpaired) electrons. The van der Waals surface area contributed by atoms with Crippen LogP contribution in [0.1, 0.15) is 49.9 Å². The van der Waals surface area contributed by atoms with Crippen LogP contribution in [-0.4, -0.2) is 26.8 Å². The van der Waals surface area contributed by atoms with E-state index in [1.165, 1.54) is 6.92 Å². The van der Waals surface area contributed by atoms with E-state index in [4.69, 9.17) is 27.9 Å². The van der Waals surface area contributed by atoms with Crippen LogP contribution in [0.3, 0.4) is 0 Å². The highest BCUT2D eigenvalue weighted by Gasteiger charge is 2.52. The SMILES string of the molecule is CC(=O)c1ccc2c(c1)C(=O)N(Cc1ccc(Cl)cc1)C2(OCc1cn[nH]c1)c1ccc(Cl)cc1. The molecule has 176 valence electrons. The number of carbonyl (C=O) groups is 2. The van der Waals surface area contributed by atoms with Crippen LogP contribution in [0.4, 0.5) is 0 Å². The number of fused-ring (bicyclic) bond motifs is 1. The van der Waals surface area contributed by atoms with Crippen LogP contribution in [0, 0.1) is 0 Å². The number of H-pyrrole nitrogens is 1. The molecule has 1 aliphatic heterocycles. The van der Waals surface area contributed by atoms with Gasteiger partial charge < -0.3 is 4.74 Å². The number of halogens is 2. The van der Waals surface area contributed by atoms with Gasteiger partial charge in [0.15, 0.2) is 11.5 Å². The Bertz CT molecular complexity index is 1390. The van der Waals surface area contributed by atoms with Crippen LogP contribution >= 0.6 is 23.2 Å². The summed E-state index contributed by atoms with van der Waals surface area (Å²) in [7, 11) is 0. The molecule has 2 heterocycles. The van der Waals surface area contributed by atoms with Gasteiger partial charge in [-0.2, -0.15) is 5.10 Å². The zero-order valence-corrected chi connectivity index (χ0v) is 20.3. The lowest BCUT2D eigenvalue weighted by Gasteiger charge is -2.39. The molecule has 0 saturated carbocycles. The molecule has 8 heteroatoms. The fraction of sp³-hybridized carbons (Fsp3) is 0.148. The molecule has 6 nitrogen and oxygen atoms in total. The van der Waals surface area contributed by atoms with E-state index in [0.717, 1.165) is 16.7 Å². The van der Waals surface area contributed by atoms with Gasteiger partial charge in [-0.1, -0.05) is 59.6 Å². The van der Waals surface area contributed by atoms with Crippen molar-refractivity contribution in [3.63, 3.8) is 0 Å². The number of carbonyl (C=O) groups excluding carboxylic acids is 2. The van der Waals surface area contributed by atoms with Crippen molar-refractivity contribution in [2.75, 3.05) is 0 Å². The third-order valence-corrected chi connectivity index (χ3v) is 6.64. The molecule has 4 aromatic rings. The Hall–Kier alpha value is -3.45. The number of hydrogen-bond donors (Lipinski definition) is 1. The first-order chi connectivity index (χ1) is 16.9. The van der Waals surface area contributed by atoms with E-state index in [-0.39, 0.29) is 24.8 Å². The molecule has 1 unspecified atom stereocenters. The second-order valence-electron chi connectivity index (χ2n) is 8.38. The summed E-state index contributed by atoms with van der Waals surface area (Å²) in [5.41, 5.74) is 2.73. The lowest BCUT2D eigenvalue weighted by atomic mass is 9.91. The minimum absolute atomic E-state index is 0.117. The second kappa shape index (κ2) is 9.30. The summed E-state index contributed by atoms with van der Waals surface area (Å²) in [6.07, 6.45) is 3.42. The quantitative estimate of drug-likeness (QED) is 0.313. The number of rotatable bonds is 7.